The Morgan fingerprint density at radius 2 is 1.86 bits per heavy atom. The second-order valence-electron chi connectivity index (χ2n) is 5.23. The fourth-order valence-corrected chi connectivity index (χ4v) is 2.29. The standard InChI is InChI=1S/C16H26N2O3/c1-4-9-18(15-8-6-5-7-14(15)12-20)16(21)17(10-11-19)13(2)3/h5-8,13,19-20H,4,9-12H2,1-3H3. The van der Waals surface area contributed by atoms with Crippen LogP contribution in [-0.2, 0) is 6.61 Å². The van der Waals surface area contributed by atoms with Crippen LogP contribution in [0.4, 0.5) is 10.5 Å². The highest BCUT2D eigenvalue weighted by molar-refractivity contribution is 5.93. The number of hydrogen-bond donors (Lipinski definition) is 2. The SMILES string of the molecule is CCCN(C(=O)N(CCO)C(C)C)c1ccccc1CO. The summed E-state index contributed by atoms with van der Waals surface area (Å²) in [6, 6.07) is 7.23. The Balaban J connectivity index is 3.12. The molecule has 21 heavy (non-hydrogen) atoms. The van der Waals surface area contributed by atoms with Gasteiger partial charge in [-0.2, -0.15) is 0 Å². The van der Waals surface area contributed by atoms with Gasteiger partial charge in [-0.1, -0.05) is 25.1 Å². The summed E-state index contributed by atoms with van der Waals surface area (Å²) in [5.74, 6) is 0. The van der Waals surface area contributed by atoms with Crippen molar-refractivity contribution in [3.05, 3.63) is 29.8 Å². The van der Waals surface area contributed by atoms with Crippen LogP contribution in [0.1, 0.15) is 32.8 Å². The number of carbonyl (C=O) groups excluding carboxylic acids is 1. The molecule has 1 aromatic rings. The second-order valence-corrected chi connectivity index (χ2v) is 5.23. The predicted octanol–water partition coefficient (Wildman–Crippen LogP) is 2.22. The summed E-state index contributed by atoms with van der Waals surface area (Å²) in [7, 11) is 0. The lowest BCUT2D eigenvalue weighted by Gasteiger charge is -2.33. The zero-order valence-electron chi connectivity index (χ0n) is 13.1. The van der Waals surface area contributed by atoms with E-state index < -0.39 is 0 Å². The van der Waals surface area contributed by atoms with E-state index in [0.29, 0.717) is 13.1 Å². The normalized spacial score (nSPS) is 10.8. The predicted molar refractivity (Wildman–Crippen MR) is 84.3 cm³/mol. The molecule has 0 aliphatic heterocycles. The van der Waals surface area contributed by atoms with Crippen molar-refractivity contribution in [2.75, 3.05) is 24.6 Å². The number of rotatable bonds is 7. The summed E-state index contributed by atoms with van der Waals surface area (Å²) in [4.78, 5) is 16.1. The summed E-state index contributed by atoms with van der Waals surface area (Å²) in [6.07, 6.45) is 0.816. The van der Waals surface area contributed by atoms with Gasteiger partial charge in [-0.3, -0.25) is 4.90 Å². The van der Waals surface area contributed by atoms with Crippen LogP contribution in [0.5, 0.6) is 0 Å². The molecule has 5 heteroatoms. The second kappa shape index (κ2) is 8.64. The maximum Gasteiger partial charge on any atom is 0.324 e. The molecule has 0 atom stereocenters. The summed E-state index contributed by atoms with van der Waals surface area (Å²) in [5.41, 5.74) is 1.46. The summed E-state index contributed by atoms with van der Waals surface area (Å²) in [5, 5.41) is 18.6. The van der Waals surface area contributed by atoms with Gasteiger partial charge in [0.15, 0.2) is 0 Å². The largest absolute Gasteiger partial charge is 0.395 e. The molecule has 0 radical (unpaired) electrons. The van der Waals surface area contributed by atoms with Gasteiger partial charge in [0.1, 0.15) is 0 Å². The van der Waals surface area contributed by atoms with E-state index in [0.717, 1.165) is 17.7 Å². The Hall–Kier alpha value is -1.59. The third-order valence-corrected chi connectivity index (χ3v) is 3.34. The molecule has 1 aromatic carbocycles. The molecule has 1 rings (SSSR count). The van der Waals surface area contributed by atoms with E-state index in [-0.39, 0.29) is 25.3 Å². The first-order valence-electron chi connectivity index (χ1n) is 7.44. The number of aliphatic hydroxyl groups excluding tert-OH is 2. The number of carbonyl (C=O) groups is 1. The Kier molecular flexibility index (Phi) is 7.19. The van der Waals surface area contributed by atoms with Crippen LogP contribution in [0.25, 0.3) is 0 Å². The Morgan fingerprint density at radius 1 is 1.19 bits per heavy atom. The first-order valence-corrected chi connectivity index (χ1v) is 7.44. The quantitative estimate of drug-likeness (QED) is 0.810. The van der Waals surface area contributed by atoms with Gasteiger partial charge in [-0.05, 0) is 26.3 Å². The smallest absolute Gasteiger partial charge is 0.324 e. The summed E-state index contributed by atoms with van der Waals surface area (Å²) >= 11 is 0. The third-order valence-electron chi connectivity index (χ3n) is 3.34. The van der Waals surface area contributed by atoms with E-state index >= 15 is 0 Å². The van der Waals surface area contributed by atoms with Crippen molar-refractivity contribution in [3.63, 3.8) is 0 Å². The van der Waals surface area contributed by atoms with Crippen molar-refractivity contribution in [1.82, 2.24) is 4.90 Å². The molecule has 5 nitrogen and oxygen atoms in total. The molecule has 0 aliphatic carbocycles. The van der Waals surface area contributed by atoms with Crippen molar-refractivity contribution in [2.24, 2.45) is 0 Å². The Bertz CT molecular complexity index is 449. The minimum absolute atomic E-state index is 0.00490. The van der Waals surface area contributed by atoms with Crippen molar-refractivity contribution in [1.29, 1.82) is 0 Å². The molecule has 0 aliphatic rings. The molecule has 0 bridgehead atoms. The van der Waals surface area contributed by atoms with E-state index in [2.05, 4.69) is 0 Å². The topological polar surface area (TPSA) is 64.0 Å². The van der Waals surface area contributed by atoms with Gasteiger partial charge >= 0.3 is 6.03 Å². The Morgan fingerprint density at radius 3 is 2.38 bits per heavy atom. The fourth-order valence-electron chi connectivity index (χ4n) is 2.29. The zero-order chi connectivity index (χ0) is 15.8. The molecule has 0 saturated carbocycles. The van der Waals surface area contributed by atoms with Crippen molar-refractivity contribution < 1.29 is 15.0 Å². The minimum Gasteiger partial charge on any atom is -0.395 e. The van der Waals surface area contributed by atoms with E-state index in [4.69, 9.17) is 5.11 Å². The van der Waals surface area contributed by atoms with Crippen LogP contribution in [0.2, 0.25) is 0 Å². The first kappa shape index (κ1) is 17.5. The van der Waals surface area contributed by atoms with Crippen LogP contribution in [0.3, 0.4) is 0 Å². The van der Waals surface area contributed by atoms with Crippen LogP contribution in [0, 0.1) is 0 Å². The lowest BCUT2D eigenvalue weighted by atomic mass is 10.1. The average molecular weight is 294 g/mol. The van der Waals surface area contributed by atoms with Gasteiger partial charge in [0.2, 0.25) is 0 Å². The van der Waals surface area contributed by atoms with Crippen LogP contribution < -0.4 is 4.90 Å². The number of aliphatic hydroxyl groups is 2. The monoisotopic (exact) mass is 294 g/mol. The number of urea groups is 1. The average Bonchev–Trinajstić information content (AvgIpc) is 2.49. The third kappa shape index (κ3) is 4.44. The molecule has 0 heterocycles. The van der Waals surface area contributed by atoms with Gasteiger partial charge in [0, 0.05) is 24.7 Å². The molecule has 0 saturated heterocycles. The minimum atomic E-state index is -0.137. The van der Waals surface area contributed by atoms with Gasteiger partial charge in [-0.25, -0.2) is 4.79 Å². The maximum absolute atomic E-state index is 12.8. The maximum atomic E-state index is 12.8. The van der Waals surface area contributed by atoms with Gasteiger partial charge < -0.3 is 15.1 Å². The number of amides is 2. The Labute approximate surface area is 126 Å². The van der Waals surface area contributed by atoms with Gasteiger partial charge in [0.05, 0.1) is 18.9 Å². The lowest BCUT2D eigenvalue weighted by molar-refractivity contribution is 0.166. The van der Waals surface area contributed by atoms with E-state index in [9.17, 15) is 9.90 Å². The van der Waals surface area contributed by atoms with E-state index in [1.165, 1.54) is 0 Å². The summed E-state index contributed by atoms with van der Waals surface area (Å²) < 4.78 is 0. The lowest BCUT2D eigenvalue weighted by Crippen LogP contribution is -2.48. The number of hydrogen-bond acceptors (Lipinski definition) is 3. The molecule has 2 N–H and O–H groups in total. The van der Waals surface area contributed by atoms with Gasteiger partial charge in [-0.15, -0.1) is 0 Å². The summed E-state index contributed by atoms with van der Waals surface area (Å²) in [6.45, 7) is 6.57. The van der Waals surface area contributed by atoms with Crippen molar-refractivity contribution >= 4 is 11.7 Å². The number of nitrogens with zero attached hydrogens (tertiary/aromatic N) is 2. The fraction of sp³-hybridized carbons (Fsp3) is 0.562. The van der Waals surface area contributed by atoms with Crippen molar-refractivity contribution in [2.45, 2.75) is 39.8 Å². The molecule has 0 fully saturated rings. The first-order chi connectivity index (χ1) is 10.1. The van der Waals surface area contributed by atoms with Crippen LogP contribution in [0.15, 0.2) is 24.3 Å². The van der Waals surface area contributed by atoms with E-state index in [1.807, 2.05) is 45.0 Å². The number of para-hydroxylation sites is 1. The van der Waals surface area contributed by atoms with Crippen LogP contribution in [-0.4, -0.2) is 46.9 Å². The van der Waals surface area contributed by atoms with Gasteiger partial charge in [0.25, 0.3) is 0 Å². The zero-order valence-corrected chi connectivity index (χ0v) is 13.1. The molecule has 0 aromatic heterocycles. The molecular formula is C16H26N2O3. The number of benzene rings is 1. The highest BCUT2D eigenvalue weighted by Crippen LogP contribution is 2.22. The molecule has 0 spiro atoms. The van der Waals surface area contributed by atoms with Crippen molar-refractivity contribution in [3.8, 4) is 0 Å². The highest BCUT2D eigenvalue weighted by Gasteiger charge is 2.24. The number of anilines is 1. The van der Waals surface area contributed by atoms with E-state index in [1.54, 1.807) is 9.80 Å². The molecule has 0 unspecified atom stereocenters. The highest BCUT2D eigenvalue weighted by atomic mass is 16.3. The molecule has 2 amide bonds. The molecule has 118 valence electrons. The van der Waals surface area contributed by atoms with Crippen LogP contribution >= 0.6 is 0 Å². The molecular weight excluding hydrogens is 268 g/mol.